The normalized spacial score (nSPS) is 25.0. The molecule has 0 aromatic carbocycles. The topological polar surface area (TPSA) is 64.8 Å². The number of amides is 1. The van der Waals surface area contributed by atoms with Crippen LogP contribution in [-0.2, 0) is 14.3 Å². The lowest BCUT2D eigenvalue weighted by Crippen LogP contribution is -2.50. The van der Waals surface area contributed by atoms with Crippen LogP contribution in [0.1, 0.15) is 32.6 Å². The molecule has 6 heteroatoms. The molecule has 118 valence electrons. The maximum absolute atomic E-state index is 12.5. The summed E-state index contributed by atoms with van der Waals surface area (Å²) in [5.74, 6) is 0.338. The van der Waals surface area contributed by atoms with Crippen molar-refractivity contribution < 1.29 is 14.3 Å². The Hall–Kier alpha value is -0.360. The molecule has 0 saturated carbocycles. The lowest BCUT2D eigenvalue weighted by Gasteiger charge is -2.32. The van der Waals surface area contributed by atoms with Gasteiger partial charge in [0.15, 0.2) is 0 Å². The van der Waals surface area contributed by atoms with Crippen LogP contribution in [0.2, 0.25) is 0 Å². The van der Waals surface area contributed by atoms with E-state index < -0.39 is 0 Å². The van der Waals surface area contributed by atoms with E-state index in [1.54, 1.807) is 0 Å². The summed E-state index contributed by atoms with van der Waals surface area (Å²) in [5.41, 5.74) is 6.16. The van der Waals surface area contributed by atoms with Gasteiger partial charge >= 0.3 is 0 Å². The first-order valence-electron chi connectivity index (χ1n) is 7.46. The maximum atomic E-state index is 12.5. The lowest BCUT2D eigenvalue weighted by atomic mass is 9.91. The zero-order valence-electron chi connectivity index (χ0n) is 12.3. The van der Waals surface area contributed by atoms with E-state index in [4.69, 9.17) is 15.2 Å². The van der Waals surface area contributed by atoms with Gasteiger partial charge in [0, 0.05) is 32.9 Å². The number of carbonyl (C=O) groups is 1. The van der Waals surface area contributed by atoms with Gasteiger partial charge in [0.25, 0.3) is 0 Å². The Kier molecular flexibility index (Phi) is 7.80. The smallest absolute Gasteiger partial charge is 0.239 e. The maximum Gasteiger partial charge on any atom is 0.239 e. The summed E-state index contributed by atoms with van der Waals surface area (Å²) in [5, 5.41) is 0. The molecule has 2 fully saturated rings. The molecule has 5 nitrogen and oxygen atoms in total. The highest BCUT2D eigenvalue weighted by Crippen LogP contribution is 2.20. The number of ether oxygens (including phenoxy) is 2. The number of nitrogens with zero attached hydrogens (tertiary/aromatic N) is 1. The van der Waals surface area contributed by atoms with Gasteiger partial charge in [0.2, 0.25) is 5.91 Å². The van der Waals surface area contributed by atoms with Crippen molar-refractivity contribution in [2.45, 2.75) is 44.8 Å². The highest BCUT2D eigenvalue weighted by Gasteiger charge is 2.31. The minimum absolute atomic E-state index is 0. The molecule has 0 radical (unpaired) electrons. The summed E-state index contributed by atoms with van der Waals surface area (Å²) in [6, 6.07) is -0.384. The first-order chi connectivity index (χ1) is 9.22. The Bertz CT molecular complexity index is 292. The first kappa shape index (κ1) is 17.7. The largest absolute Gasteiger partial charge is 0.381 e. The van der Waals surface area contributed by atoms with Crippen LogP contribution < -0.4 is 5.73 Å². The van der Waals surface area contributed by atoms with Gasteiger partial charge in [0.1, 0.15) is 0 Å². The van der Waals surface area contributed by atoms with Gasteiger partial charge in [-0.1, -0.05) is 0 Å². The number of hydrogen-bond donors (Lipinski definition) is 1. The Morgan fingerprint density at radius 2 is 2.00 bits per heavy atom. The number of nitrogens with two attached hydrogens (primary N) is 1. The van der Waals surface area contributed by atoms with E-state index >= 15 is 0 Å². The fourth-order valence-electron chi connectivity index (χ4n) is 2.90. The molecule has 2 rings (SSSR count). The van der Waals surface area contributed by atoms with Crippen molar-refractivity contribution in [3.8, 4) is 0 Å². The van der Waals surface area contributed by atoms with Crippen LogP contribution >= 0.6 is 12.4 Å². The van der Waals surface area contributed by atoms with Gasteiger partial charge in [-0.25, -0.2) is 0 Å². The average Bonchev–Trinajstić information content (AvgIpc) is 2.97. The Labute approximate surface area is 127 Å². The molecule has 20 heavy (non-hydrogen) atoms. The van der Waals surface area contributed by atoms with Gasteiger partial charge in [-0.15, -0.1) is 12.4 Å². The standard InChI is InChI=1S/C14H26N2O3.ClH/c1-2-16(10-12-4-3-7-19-12)14(17)13(15)11-5-8-18-9-6-11;/h11-13H,2-10,15H2,1H3;1H. The van der Waals surface area contributed by atoms with Crippen LogP contribution in [0.25, 0.3) is 0 Å². The SMILES string of the molecule is CCN(CC1CCCO1)C(=O)C(N)C1CCOCC1.Cl. The molecule has 0 spiro atoms. The van der Waals surface area contributed by atoms with E-state index in [0.717, 1.165) is 45.5 Å². The van der Waals surface area contributed by atoms with Gasteiger partial charge in [-0.2, -0.15) is 0 Å². The number of carbonyl (C=O) groups excluding carboxylic acids is 1. The summed E-state index contributed by atoms with van der Waals surface area (Å²) in [6.07, 6.45) is 4.14. The highest BCUT2D eigenvalue weighted by atomic mass is 35.5. The van der Waals surface area contributed by atoms with Gasteiger partial charge in [0.05, 0.1) is 12.1 Å². The minimum Gasteiger partial charge on any atom is -0.381 e. The molecule has 1 amide bonds. The first-order valence-corrected chi connectivity index (χ1v) is 7.46. The fraction of sp³-hybridized carbons (Fsp3) is 0.929. The summed E-state index contributed by atoms with van der Waals surface area (Å²) in [4.78, 5) is 14.3. The summed E-state index contributed by atoms with van der Waals surface area (Å²) < 4.78 is 10.9. The Morgan fingerprint density at radius 3 is 2.55 bits per heavy atom. The van der Waals surface area contributed by atoms with Gasteiger partial charge in [-0.05, 0) is 38.5 Å². The van der Waals surface area contributed by atoms with Crippen LogP contribution in [0.15, 0.2) is 0 Å². The van der Waals surface area contributed by atoms with Crippen LogP contribution in [0.4, 0.5) is 0 Å². The zero-order chi connectivity index (χ0) is 13.7. The molecule has 0 bridgehead atoms. The van der Waals surface area contributed by atoms with Gasteiger partial charge < -0.3 is 20.1 Å². The molecule has 2 atom stereocenters. The average molecular weight is 307 g/mol. The number of likely N-dealkylation sites (N-methyl/N-ethyl adjacent to an activating group) is 1. The summed E-state index contributed by atoms with van der Waals surface area (Å²) in [7, 11) is 0. The Morgan fingerprint density at radius 1 is 1.30 bits per heavy atom. The van der Waals surface area contributed by atoms with Crippen molar-refractivity contribution in [2.24, 2.45) is 11.7 Å². The van der Waals surface area contributed by atoms with Crippen molar-refractivity contribution >= 4 is 18.3 Å². The second-order valence-corrected chi connectivity index (χ2v) is 5.49. The molecular weight excluding hydrogens is 280 g/mol. The summed E-state index contributed by atoms with van der Waals surface area (Å²) in [6.45, 7) is 5.67. The van der Waals surface area contributed by atoms with Crippen molar-refractivity contribution in [1.29, 1.82) is 0 Å². The molecular formula is C14H27ClN2O3. The fourth-order valence-corrected chi connectivity index (χ4v) is 2.90. The van der Waals surface area contributed by atoms with Crippen LogP contribution in [0.5, 0.6) is 0 Å². The molecule has 0 aromatic rings. The van der Waals surface area contributed by atoms with Crippen molar-refractivity contribution in [2.75, 3.05) is 32.9 Å². The van der Waals surface area contributed by atoms with Crippen molar-refractivity contribution in [3.05, 3.63) is 0 Å². The van der Waals surface area contributed by atoms with E-state index in [1.807, 2.05) is 11.8 Å². The molecule has 0 aromatic heterocycles. The zero-order valence-corrected chi connectivity index (χ0v) is 13.1. The predicted molar refractivity (Wildman–Crippen MR) is 80.0 cm³/mol. The quantitative estimate of drug-likeness (QED) is 0.828. The van der Waals surface area contributed by atoms with E-state index in [1.165, 1.54) is 0 Å². The Balaban J connectivity index is 0.00000200. The van der Waals surface area contributed by atoms with Crippen LogP contribution in [-0.4, -0.2) is 55.9 Å². The highest BCUT2D eigenvalue weighted by molar-refractivity contribution is 5.85. The van der Waals surface area contributed by atoms with Crippen LogP contribution in [0.3, 0.4) is 0 Å². The number of hydrogen-bond acceptors (Lipinski definition) is 4. The number of halogens is 1. The molecule has 2 N–H and O–H groups in total. The monoisotopic (exact) mass is 306 g/mol. The van der Waals surface area contributed by atoms with Crippen molar-refractivity contribution in [3.63, 3.8) is 0 Å². The third kappa shape index (κ3) is 4.58. The predicted octanol–water partition coefficient (Wildman–Crippen LogP) is 1.19. The minimum atomic E-state index is -0.384. The molecule has 2 unspecified atom stereocenters. The number of rotatable bonds is 5. The molecule has 2 heterocycles. The van der Waals surface area contributed by atoms with E-state index in [2.05, 4.69) is 0 Å². The van der Waals surface area contributed by atoms with E-state index in [-0.39, 0.29) is 36.4 Å². The van der Waals surface area contributed by atoms with E-state index in [0.29, 0.717) is 13.1 Å². The third-order valence-corrected chi connectivity index (χ3v) is 4.20. The molecule has 2 aliphatic heterocycles. The van der Waals surface area contributed by atoms with Crippen LogP contribution in [0, 0.1) is 5.92 Å². The molecule has 0 aliphatic carbocycles. The van der Waals surface area contributed by atoms with E-state index in [9.17, 15) is 4.79 Å². The van der Waals surface area contributed by atoms with Crippen molar-refractivity contribution in [1.82, 2.24) is 4.90 Å². The van der Waals surface area contributed by atoms with Gasteiger partial charge in [-0.3, -0.25) is 4.79 Å². The summed E-state index contributed by atoms with van der Waals surface area (Å²) >= 11 is 0. The lowest BCUT2D eigenvalue weighted by molar-refractivity contribution is -0.136. The second-order valence-electron chi connectivity index (χ2n) is 5.49. The molecule has 2 aliphatic rings. The molecule has 2 saturated heterocycles. The third-order valence-electron chi connectivity index (χ3n) is 4.20. The second kappa shape index (κ2) is 8.82.